The number of rotatable bonds is 4. The number of carbonyl (C=O) groups excluding carboxylic acids is 2. The van der Waals surface area contributed by atoms with Crippen LogP contribution in [-0.4, -0.2) is 18.6 Å². The largest absolute Gasteiger partial charge is 0.462 e. The van der Waals surface area contributed by atoms with Crippen LogP contribution in [0, 0.1) is 0 Å². The lowest BCUT2D eigenvalue weighted by molar-refractivity contribution is 0.0526. The predicted molar refractivity (Wildman–Crippen MR) is 91.5 cm³/mol. The Hall–Kier alpha value is -2.24. The maximum Gasteiger partial charge on any atom is 0.338 e. The van der Waals surface area contributed by atoms with Crippen molar-refractivity contribution >= 4 is 46.6 Å². The van der Waals surface area contributed by atoms with E-state index in [1.54, 1.807) is 43.3 Å². The number of hydrogen-bond acceptors (Lipinski definition) is 3. The van der Waals surface area contributed by atoms with Crippen molar-refractivity contribution in [2.45, 2.75) is 6.92 Å². The van der Waals surface area contributed by atoms with Crippen molar-refractivity contribution in [3.8, 4) is 0 Å². The second kappa shape index (κ2) is 7.85. The first-order chi connectivity index (χ1) is 11.0. The number of ether oxygens (including phenoxy) is 1. The van der Waals surface area contributed by atoms with Gasteiger partial charge in [-0.3, -0.25) is 0 Å². The number of amides is 2. The molecule has 0 saturated heterocycles. The zero-order valence-corrected chi connectivity index (χ0v) is 13.7. The monoisotopic (exact) mass is 352 g/mol. The fourth-order valence-electron chi connectivity index (χ4n) is 1.78. The summed E-state index contributed by atoms with van der Waals surface area (Å²) < 4.78 is 4.89. The molecule has 0 bridgehead atoms. The van der Waals surface area contributed by atoms with Gasteiger partial charge in [-0.2, -0.15) is 0 Å². The Kier molecular flexibility index (Phi) is 5.84. The summed E-state index contributed by atoms with van der Waals surface area (Å²) in [7, 11) is 0. The Morgan fingerprint density at radius 1 is 1.04 bits per heavy atom. The highest BCUT2D eigenvalue weighted by atomic mass is 35.5. The van der Waals surface area contributed by atoms with E-state index in [4.69, 9.17) is 27.9 Å². The summed E-state index contributed by atoms with van der Waals surface area (Å²) in [5.41, 5.74) is 1.39. The number of carbonyl (C=O) groups is 2. The summed E-state index contributed by atoms with van der Waals surface area (Å²) in [5.74, 6) is -0.406. The molecule has 2 N–H and O–H groups in total. The molecular weight excluding hydrogens is 339 g/mol. The summed E-state index contributed by atoms with van der Waals surface area (Å²) in [4.78, 5) is 23.5. The molecule has 2 aromatic rings. The van der Waals surface area contributed by atoms with E-state index < -0.39 is 12.0 Å². The minimum atomic E-state index is -0.460. The van der Waals surface area contributed by atoms with Gasteiger partial charge >= 0.3 is 12.0 Å². The Labute approximate surface area is 143 Å². The van der Waals surface area contributed by atoms with Gasteiger partial charge in [0.15, 0.2) is 0 Å². The SMILES string of the molecule is CCOC(=O)c1ccc(NC(=O)Nc2ccc(Cl)cc2Cl)cc1. The normalized spacial score (nSPS) is 10.0. The zero-order valence-electron chi connectivity index (χ0n) is 12.2. The van der Waals surface area contributed by atoms with E-state index in [9.17, 15) is 9.59 Å². The van der Waals surface area contributed by atoms with Gasteiger partial charge in [-0.15, -0.1) is 0 Å². The van der Waals surface area contributed by atoms with Crippen LogP contribution in [-0.2, 0) is 4.74 Å². The molecular formula is C16H14Cl2N2O3. The van der Waals surface area contributed by atoms with Crippen LogP contribution in [0.15, 0.2) is 42.5 Å². The Bertz CT molecular complexity index is 718. The molecule has 0 aromatic heterocycles. The van der Waals surface area contributed by atoms with Gasteiger partial charge in [0.1, 0.15) is 0 Å². The van der Waals surface area contributed by atoms with E-state index in [-0.39, 0.29) is 0 Å². The number of esters is 1. The zero-order chi connectivity index (χ0) is 16.8. The van der Waals surface area contributed by atoms with Crippen molar-refractivity contribution in [2.24, 2.45) is 0 Å². The van der Waals surface area contributed by atoms with Crippen molar-refractivity contribution in [3.63, 3.8) is 0 Å². The van der Waals surface area contributed by atoms with E-state index in [0.717, 1.165) is 0 Å². The first-order valence-corrected chi connectivity index (χ1v) is 7.55. The van der Waals surface area contributed by atoms with Crippen LogP contribution in [0.3, 0.4) is 0 Å². The summed E-state index contributed by atoms with van der Waals surface area (Å²) in [6, 6.07) is 10.7. The van der Waals surface area contributed by atoms with Gasteiger partial charge in [-0.05, 0) is 49.4 Å². The lowest BCUT2D eigenvalue weighted by Crippen LogP contribution is -2.19. The summed E-state index contributed by atoms with van der Waals surface area (Å²) in [6.45, 7) is 2.04. The highest BCUT2D eigenvalue weighted by molar-refractivity contribution is 6.36. The molecule has 0 atom stereocenters. The summed E-state index contributed by atoms with van der Waals surface area (Å²) in [6.07, 6.45) is 0. The highest BCUT2D eigenvalue weighted by Gasteiger charge is 2.08. The van der Waals surface area contributed by atoms with Crippen molar-refractivity contribution in [1.82, 2.24) is 0 Å². The van der Waals surface area contributed by atoms with Gasteiger partial charge in [0.05, 0.1) is 22.9 Å². The fraction of sp³-hybridized carbons (Fsp3) is 0.125. The predicted octanol–water partition coefficient (Wildman–Crippen LogP) is 4.81. The highest BCUT2D eigenvalue weighted by Crippen LogP contribution is 2.25. The van der Waals surface area contributed by atoms with Crippen LogP contribution in [0.2, 0.25) is 10.0 Å². The van der Waals surface area contributed by atoms with E-state index in [0.29, 0.717) is 33.6 Å². The standard InChI is InChI=1S/C16H14Cl2N2O3/c1-2-23-15(21)10-3-6-12(7-4-10)19-16(22)20-14-8-5-11(17)9-13(14)18/h3-9H,2H2,1H3,(H2,19,20,22). The van der Waals surface area contributed by atoms with Crippen LogP contribution in [0.1, 0.15) is 17.3 Å². The molecule has 2 rings (SSSR count). The van der Waals surface area contributed by atoms with Crippen LogP contribution >= 0.6 is 23.2 Å². The third-order valence-electron chi connectivity index (χ3n) is 2.83. The molecule has 5 nitrogen and oxygen atoms in total. The van der Waals surface area contributed by atoms with Gasteiger partial charge < -0.3 is 15.4 Å². The molecule has 0 spiro atoms. The van der Waals surface area contributed by atoms with Gasteiger partial charge in [-0.1, -0.05) is 23.2 Å². The summed E-state index contributed by atoms with van der Waals surface area (Å²) >= 11 is 11.8. The van der Waals surface area contributed by atoms with Crippen LogP contribution < -0.4 is 10.6 Å². The van der Waals surface area contributed by atoms with Crippen molar-refractivity contribution in [3.05, 3.63) is 58.1 Å². The van der Waals surface area contributed by atoms with Crippen LogP contribution in [0.5, 0.6) is 0 Å². The quantitative estimate of drug-likeness (QED) is 0.775. The number of hydrogen-bond donors (Lipinski definition) is 2. The van der Waals surface area contributed by atoms with Crippen molar-refractivity contribution < 1.29 is 14.3 Å². The van der Waals surface area contributed by atoms with E-state index in [1.165, 1.54) is 6.07 Å². The lowest BCUT2D eigenvalue weighted by Gasteiger charge is -2.09. The molecule has 0 aliphatic carbocycles. The van der Waals surface area contributed by atoms with Gasteiger partial charge in [-0.25, -0.2) is 9.59 Å². The number of urea groups is 1. The first-order valence-electron chi connectivity index (χ1n) is 6.80. The van der Waals surface area contributed by atoms with E-state index >= 15 is 0 Å². The van der Waals surface area contributed by atoms with E-state index in [2.05, 4.69) is 10.6 Å². The molecule has 0 aliphatic heterocycles. The molecule has 2 aromatic carbocycles. The first kappa shape index (κ1) is 17.1. The minimum Gasteiger partial charge on any atom is -0.462 e. The number of anilines is 2. The average molecular weight is 353 g/mol. The van der Waals surface area contributed by atoms with Gasteiger partial charge in [0, 0.05) is 10.7 Å². The molecule has 7 heteroatoms. The maximum absolute atomic E-state index is 11.9. The third-order valence-corrected chi connectivity index (χ3v) is 3.38. The van der Waals surface area contributed by atoms with E-state index in [1.807, 2.05) is 0 Å². The molecule has 2 amide bonds. The minimum absolute atomic E-state index is 0.309. The Balaban J connectivity index is 1.98. The maximum atomic E-state index is 11.9. The Morgan fingerprint density at radius 3 is 2.35 bits per heavy atom. The second-order valence-electron chi connectivity index (χ2n) is 4.50. The van der Waals surface area contributed by atoms with Crippen molar-refractivity contribution in [2.75, 3.05) is 17.2 Å². The van der Waals surface area contributed by atoms with Gasteiger partial charge in [0.25, 0.3) is 0 Å². The average Bonchev–Trinajstić information content (AvgIpc) is 2.51. The molecule has 0 saturated carbocycles. The summed E-state index contributed by atoms with van der Waals surface area (Å²) in [5, 5.41) is 6.07. The second-order valence-corrected chi connectivity index (χ2v) is 5.34. The number of halogens is 2. The third kappa shape index (κ3) is 4.87. The Morgan fingerprint density at radius 2 is 1.74 bits per heavy atom. The number of benzene rings is 2. The van der Waals surface area contributed by atoms with Gasteiger partial charge in [0.2, 0.25) is 0 Å². The molecule has 0 aliphatic rings. The smallest absolute Gasteiger partial charge is 0.338 e. The number of nitrogens with one attached hydrogen (secondary N) is 2. The lowest BCUT2D eigenvalue weighted by atomic mass is 10.2. The fourth-order valence-corrected chi connectivity index (χ4v) is 2.24. The molecule has 0 heterocycles. The molecule has 0 unspecified atom stereocenters. The van der Waals surface area contributed by atoms with Crippen LogP contribution in [0.4, 0.5) is 16.2 Å². The molecule has 23 heavy (non-hydrogen) atoms. The topological polar surface area (TPSA) is 67.4 Å². The van der Waals surface area contributed by atoms with Crippen LogP contribution in [0.25, 0.3) is 0 Å². The molecule has 0 radical (unpaired) electrons. The molecule has 120 valence electrons. The van der Waals surface area contributed by atoms with Crippen molar-refractivity contribution in [1.29, 1.82) is 0 Å². The molecule has 0 fully saturated rings.